The predicted octanol–water partition coefficient (Wildman–Crippen LogP) is 0.840. The monoisotopic (exact) mass is 320 g/mol. The average molecular weight is 321 g/mol. The Bertz CT molecular complexity index is 546. The summed E-state index contributed by atoms with van der Waals surface area (Å²) in [5.41, 5.74) is 0. The van der Waals surface area contributed by atoms with Crippen LogP contribution in [-0.2, 0) is 16.6 Å². The topological polar surface area (TPSA) is 67.2 Å². The third kappa shape index (κ3) is 2.47. The van der Waals surface area contributed by atoms with E-state index < -0.39 is 10.0 Å². The van der Waals surface area contributed by atoms with Crippen LogP contribution in [0, 0.1) is 0 Å². The van der Waals surface area contributed by atoms with Gasteiger partial charge in [-0.2, -0.15) is 9.40 Å². The highest BCUT2D eigenvalue weighted by Gasteiger charge is 2.43. The van der Waals surface area contributed by atoms with E-state index in [9.17, 15) is 8.42 Å². The number of aryl methyl sites for hydroxylation is 1. The lowest BCUT2D eigenvalue weighted by molar-refractivity contribution is 0.330. The lowest BCUT2D eigenvalue weighted by Gasteiger charge is -2.26. The van der Waals surface area contributed by atoms with Crippen LogP contribution in [0.4, 0.5) is 0 Å². The van der Waals surface area contributed by atoms with Crippen molar-refractivity contribution >= 4 is 22.4 Å². The van der Waals surface area contributed by atoms with Crippen LogP contribution >= 0.6 is 12.4 Å². The molecule has 3 heterocycles. The molecule has 1 N–H and O–H groups in total. The molecule has 0 saturated carbocycles. The SMILES string of the molecule is CCn1nccc1S(=O)(=O)N1C2CCNCC1CC2.Cl. The third-order valence-corrected chi connectivity index (χ3v) is 6.13. The highest BCUT2D eigenvalue weighted by atomic mass is 35.5. The quantitative estimate of drug-likeness (QED) is 0.896. The van der Waals surface area contributed by atoms with Crippen LogP contribution < -0.4 is 5.32 Å². The van der Waals surface area contributed by atoms with Gasteiger partial charge in [0.05, 0.1) is 6.20 Å². The molecule has 0 aromatic carbocycles. The number of sulfonamides is 1. The Morgan fingerprint density at radius 1 is 1.35 bits per heavy atom. The molecule has 2 fully saturated rings. The van der Waals surface area contributed by atoms with Crippen molar-refractivity contribution in [3.63, 3.8) is 0 Å². The molecule has 2 atom stereocenters. The second-order valence-corrected chi connectivity index (χ2v) is 6.99. The first-order valence-electron chi connectivity index (χ1n) is 6.90. The standard InChI is InChI=1S/C12H20N4O2S.ClH/c1-2-15-12(6-8-14-15)19(17,18)16-10-3-4-11(16)9-13-7-5-10;/h6,8,10-11,13H,2-5,7,9H2,1H3;1H. The van der Waals surface area contributed by atoms with Crippen molar-refractivity contribution in [2.24, 2.45) is 0 Å². The first-order valence-corrected chi connectivity index (χ1v) is 8.34. The second kappa shape index (κ2) is 6.01. The molecule has 3 rings (SSSR count). The Labute approximate surface area is 126 Å². The summed E-state index contributed by atoms with van der Waals surface area (Å²) in [4.78, 5) is 0. The van der Waals surface area contributed by atoms with E-state index >= 15 is 0 Å². The first-order chi connectivity index (χ1) is 9.14. The molecule has 2 aliphatic rings. The molecule has 0 radical (unpaired) electrons. The largest absolute Gasteiger partial charge is 0.315 e. The van der Waals surface area contributed by atoms with Gasteiger partial charge < -0.3 is 5.32 Å². The summed E-state index contributed by atoms with van der Waals surface area (Å²) in [6, 6.07) is 1.85. The minimum atomic E-state index is -3.43. The van der Waals surface area contributed by atoms with E-state index in [1.165, 1.54) is 0 Å². The van der Waals surface area contributed by atoms with Crippen LogP contribution in [0.3, 0.4) is 0 Å². The maximum absolute atomic E-state index is 12.9. The van der Waals surface area contributed by atoms with Gasteiger partial charge >= 0.3 is 0 Å². The summed E-state index contributed by atoms with van der Waals surface area (Å²) >= 11 is 0. The Hall–Kier alpha value is -0.630. The summed E-state index contributed by atoms with van der Waals surface area (Å²) in [7, 11) is -3.43. The molecule has 2 saturated heterocycles. The van der Waals surface area contributed by atoms with Gasteiger partial charge in [0.2, 0.25) is 0 Å². The fourth-order valence-electron chi connectivity index (χ4n) is 3.22. The van der Waals surface area contributed by atoms with E-state index in [1.54, 1.807) is 21.3 Å². The summed E-state index contributed by atoms with van der Waals surface area (Å²) in [6.07, 6.45) is 4.40. The van der Waals surface area contributed by atoms with Crippen molar-refractivity contribution in [3.05, 3.63) is 12.3 Å². The van der Waals surface area contributed by atoms with Crippen LogP contribution in [0.5, 0.6) is 0 Å². The van der Waals surface area contributed by atoms with Gasteiger partial charge in [0.1, 0.15) is 0 Å². The van der Waals surface area contributed by atoms with Crippen LogP contribution in [0.1, 0.15) is 26.2 Å². The molecule has 20 heavy (non-hydrogen) atoms. The number of fused-ring (bicyclic) bond motifs is 2. The molecule has 2 unspecified atom stereocenters. The molecule has 114 valence electrons. The van der Waals surface area contributed by atoms with Gasteiger partial charge in [0.15, 0.2) is 5.03 Å². The Morgan fingerprint density at radius 2 is 2.10 bits per heavy atom. The second-order valence-electron chi connectivity index (χ2n) is 5.20. The third-order valence-electron chi connectivity index (χ3n) is 4.11. The zero-order chi connectivity index (χ0) is 13.5. The summed E-state index contributed by atoms with van der Waals surface area (Å²) in [5.74, 6) is 0. The molecular formula is C12H21ClN4O2S. The molecule has 1 aromatic heterocycles. The van der Waals surface area contributed by atoms with Crippen molar-refractivity contribution in [2.45, 2.75) is 49.8 Å². The Kier molecular flexibility index (Phi) is 4.73. The first kappa shape index (κ1) is 15.8. The maximum Gasteiger partial charge on any atom is 0.260 e. The molecule has 0 amide bonds. The maximum atomic E-state index is 12.9. The molecule has 6 nitrogen and oxygen atoms in total. The van der Waals surface area contributed by atoms with E-state index in [0.29, 0.717) is 11.6 Å². The highest BCUT2D eigenvalue weighted by molar-refractivity contribution is 7.89. The molecule has 0 aliphatic carbocycles. The Morgan fingerprint density at radius 3 is 2.85 bits per heavy atom. The zero-order valence-corrected chi connectivity index (χ0v) is 13.2. The van der Waals surface area contributed by atoms with E-state index in [1.807, 2.05) is 6.92 Å². The molecule has 8 heteroatoms. The number of halogens is 1. The molecule has 2 aliphatic heterocycles. The van der Waals surface area contributed by atoms with Crippen LogP contribution in [0.2, 0.25) is 0 Å². The lowest BCUT2D eigenvalue weighted by Crippen LogP contribution is -2.43. The van der Waals surface area contributed by atoms with Crippen molar-refractivity contribution in [3.8, 4) is 0 Å². The van der Waals surface area contributed by atoms with Crippen LogP contribution in [-0.4, -0.2) is 47.7 Å². The number of aromatic nitrogens is 2. The average Bonchev–Trinajstić information content (AvgIpc) is 2.93. The number of hydrogen-bond acceptors (Lipinski definition) is 4. The predicted molar refractivity (Wildman–Crippen MR) is 78.5 cm³/mol. The minimum Gasteiger partial charge on any atom is -0.315 e. The van der Waals surface area contributed by atoms with Gasteiger partial charge in [-0.05, 0) is 38.8 Å². The fourth-order valence-corrected chi connectivity index (χ4v) is 5.28. The Balaban J connectivity index is 0.00000147. The van der Waals surface area contributed by atoms with E-state index in [4.69, 9.17) is 0 Å². The fraction of sp³-hybridized carbons (Fsp3) is 0.750. The van der Waals surface area contributed by atoms with E-state index in [0.717, 1.165) is 32.4 Å². The van der Waals surface area contributed by atoms with Crippen LogP contribution in [0.15, 0.2) is 17.3 Å². The minimum absolute atomic E-state index is 0. The van der Waals surface area contributed by atoms with Gasteiger partial charge in [-0.1, -0.05) is 0 Å². The van der Waals surface area contributed by atoms with Gasteiger partial charge in [-0.25, -0.2) is 8.42 Å². The molecular weight excluding hydrogens is 300 g/mol. The molecule has 0 spiro atoms. The lowest BCUT2D eigenvalue weighted by atomic mass is 10.1. The smallest absolute Gasteiger partial charge is 0.260 e. The van der Waals surface area contributed by atoms with Crippen molar-refractivity contribution < 1.29 is 8.42 Å². The number of rotatable bonds is 3. The molecule has 2 bridgehead atoms. The number of nitrogens with zero attached hydrogens (tertiary/aromatic N) is 3. The zero-order valence-electron chi connectivity index (χ0n) is 11.5. The summed E-state index contributed by atoms with van der Waals surface area (Å²) in [5, 5.41) is 7.74. The van der Waals surface area contributed by atoms with Crippen molar-refractivity contribution in [1.29, 1.82) is 0 Å². The van der Waals surface area contributed by atoms with Gasteiger partial charge in [0, 0.05) is 25.2 Å². The normalized spacial score (nSPS) is 27.1. The number of hydrogen-bond donors (Lipinski definition) is 1. The number of nitrogens with one attached hydrogen (secondary N) is 1. The van der Waals surface area contributed by atoms with Crippen molar-refractivity contribution in [1.82, 2.24) is 19.4 Å². The van der Waals surface area contributed by atoms with Gasteiger partial charge in [-0.15, -0.1) is 12.4 Å². The van der Waals surface area contributed by atoms with Gasteiger partial charge in [-0.3, -0.25) is 4.68 Å². The van der Waals surface area contributed by atoms with Crippen LogP contribution in [0.25, 0.3) is 0 Å². The van der Waals surface area contributed by atoms with E-state index in [2.05, 4.69) is 10.4 Å². The van der Waals surface area contributed by atoms with E-state index in [-0.39, 0.29) is 24.5 Å². The highest BCUT2D eigenvalue weighted by Crippen LogP contribution is 2.33. The molecule has 1 aromatic rings. The van der Waals surface area contributed by atoms with Gasteiger partial charge in [0.25, 0.3) is 10.0 Å². The summed E-state index contributed by atoms with van der Waals surface area (Å²) in [6.45, 7) is 4.14. The summed E-state index contributed by atoms with van der Waals surface area (Å²) < 4.78 is 29.1. The van der Waals surface area contributed by atoms with Crippen molar-refractivity contribution in [2.75, 3.05) is 13.1 Å².